The monoisotopic (exact) mass is 191 g/mol. The van der Waals surface area contributed by atoms with Crippen molar-refractivity contribution in [3.05, 3.63) is 6.92 Å². The second kappa shape index (κ2) is 3.55. The molecule has 0 aliphatic heterocycles. The van der Waals surface area contributed by atoms with Crippen LogP contribution in [0.25, 0.3) is 0 Å². The summed E-state index contributed by atoms with van der Waals surface area (Å²) in [4.78, 5) is 0. The number of hydrogen-bond acceptors (Lipinski definition) is 1. The van der Waals surface area contributed by atoms with Gasteiger partial charge < -0.3 is 4.74 Å². The van der Waals surface area contributed by atoms with Crippen LogP contribution >= 0.6 is 0 Å². The molecule has 73 valence electrons. The van der Waals surface area contributed by atoms with Gasteiger partial charge in [0.1, 0.15) is 6.42 Å². The molecule has 0 aliphatic rings. The Kier molecular flexibility index (Phi) is 3.44. The maximum atomic E-state index is 12.2. The van der Waals surface area contributed by atoms with Crippen LogP contribution in [0.4, 0.5) is 22.0 Å². The van der Waals surface area contributed by atoms with E-state index in [2.05, 4.69) is 11.7 Å². The number of ether oxygens (including phenoxy) is 1. The molecule has 0 spiro atoms. The Labute approximate surface area is 66.5 Å². The van der Waals surface area contributed by atoms with Gasteiger partial charge in [0, 0.05) is 0 Å². The lowest BCUT2D eigenvalue weighted by molar-refractivity contribution is -0.301. The molecule has 0 saturated carbocycles. The lowest BCUT2D eigenvalue weighted by Crippen LogP contribution is -2.31. The van der Waals surface area contributed by atoms with Crippen molar-refractivity contribution in [1.82, 2.24) is 0 Å². The molecule has 0 saturated heterocycles. The van der Waals surface area contributed by atoms with Gasteiger partial charge in [-0.2, -0.15) is 22.0 Å². The molecule has 0 aromatic heterocycles. The van der Waals surface area contributed by atoms with Crippen LogP contribution in [0.3, 0.4) is 0 Å². The molecule has 0 fully saturated rings. The molecule has 0 aromatic rings. The van der Waals surface area contributed by atoms with E-state index in [4.69, 9.17) is 0 Å². The Morgan fingerprint density at radius 1 is 1.25 bits per heavy atom. The minimum Gasteiger partial charge on any atom is -0.317 e. The molecule has 1 radical (unpaired) electrons. The molecule has 0 N–H and O–H groups in total. The third-order valence-electron chi connectivity index (χ3n) is 0.780. The molecule has 0 aliphatic carbocycles. The van der Waals surface area contributed by atoms with Crippen molar-refractivity contribution in [2.75, 3.05) is 0 Å². The Morgan fingerprint density at radius 3 is 1.92 bits per heavy atom. The predicted octanol–water partition coefficient (Wildman–Crippen LogP) is 2.77. The molecule has 0 amide bonds. The third kappa shape index (κ3) is 6.33. The zero-order valence-electron chi connectivity index (χ0n) is 6.29. The Morgan fingerprint density at radius 2 is 1.67 bits per heavy atom. The third-order valence-corrected chi connectivity index (χ3v) is 0.780. The lowest BCUT2D eigenvalue weighted by Gasteiger charge is -2.20. The van der Waals surface area contributed by atoms with Gasteiger partial charge in [-0.05, 0) is 13.8 Å². The highest BCUT2D eigenvalue weighted by atomic mass is 19.4. The van der Waals surface area contributed by atoms with Gasteiger partial charge >= 0.3 is 12.3 Å². The second-order valence-electron chi connectivity index (χ2n) is 2.36. The quantitative estimate of drug-likeness (QED) is 0.623. The van der Waals surface area contributed by atoms with E-state index >= 15 is 0 Å². The van der Waals surface area contributed by atoms with Crippen LogP contribution in [0, 0.1) is 6.92 Å². The summed E-state index contributed by atoms with van der Waals surface area (Å²) in [7, 11) is 0. The van der Waals surface area contributed by atoms with E-state index in [1.807, 2.05) is 0 Å². The van der Waals surface area contributed by atoms with E-state index in [1.54, 1.807) is 0 Å². The molecule has 1 unspecified atom stereocenters. The van der Waals surface area contributed by atoms with Crippen LogP contribution in [0.2, 0.25) is 0 Å². The van der Waals surface area contributed by atoms with E-state index in [1.165, 1.54) is 0 Å². The van der Waals surface area contributed by atoms with Crippen LogP contribution in [-0.4, -0.2) is 18.4 Å². The van der Waals surface area contributed by atoms with E-state index < -0.39 is 24.8 Å². The summed E-state index contributed by atoms with van der Waals surface area (Å²) in [5.74, 6) is 0. The smallest absolute Gasteiger partial charge is 0.317 e. The summed E-state index contributed by atoms with van der Waals surface area (Å²) in [6.45, 7) is 4.11. The molecule has 0 rings (SSSR count). The summed E-state index contributed by atoms with van der Waals surface area (Å²) in [6, 6.07) is 0. The average Bonchev–Trinajstić information content (AvgIpc) is 1.48. The fraction of sp³-hybridized carbons (Fsp3) is 0.833. The number of hydrogen-bond donors (Lipinski definition) is 0. The van der Waals surface area contributed by atoms with E-state index in [0.717, 1.165) is 6.92 Å². The first-order valence-corrected chi connectivity index (χ1v) is 3.08. The standard InChI is InChI=1S/C6H8F5O/c1-4(2)12-6(10,11)3-5(7,8)9/h4H,1,3H2,2H3. The lowest BCUT2D eigenvalue weighted by atomic mass is 10.4. The predicted molar refractivity (Wildman–Crippen MR) is 31.5 cm³/mol. The van der Waals surface area contributed by atoms with Gasteiger partial charge in [-0.3, -0.25) is 0 Å². The van der Waals surface area contributed by atoms with Gasteiger partial charge in [0.25, 0.3) is 0 Å². The van der Waals surface area contributed by atoms with Crippen molar-refractivity contribution in [3.63, 3.8) is 0 Å². The van der Waals surface area contributed by atoms with E-state index in [-0.39, 0.29) is 0 Å². The van der Waals surface area contributed by atoms with Crippen molar-refractivity contribution in [2.24, 2.45) is 0 Å². The minimum absolute atomic E-state index is 1.13. The fourth-order valence-corrected chi connectivity index (χ4v) is 0.569. The van der Waals surface area contributed by atoms with Crippen LogP contribution in [0.5, 0.6) is 0 Å². The Balaban J connectivity index is 4.04. The molecule has 6 heteroatoms. The molecule has 0 heterocycles. The minimum atomic E-state index is -4.93. The molecule has 1 atom stereocenters. The van der Waals surface area contributed by atoms with Crippen molar-refractivity contribution in [2.45, 2.75) is 31.7 Å². The molecular formula is C6H8F5O. The highest BCUT2D eigenvalue weighted by Gasteiger charge is 2.45. The molecular weight excluding hydrogens is 183 g/mol. The molecule has 0 bridgehead atoms. The summed E-state index contributed by atoms with van der Waals surface area (Å²) >= 11 is 0. The van der Waals surface area contributed by atoms with Gasteiger partial charge in [-0.1, -0.05) is 0 Å². The van der Waals surface area contributed by atoms with E-state index in [9.17, 15) is 22.0 Å². The van der Waals surface area contributed by atoms with E-state index in [0.29, 0.717) is 0 Å². The Hall–Kier alpha value is -0.390. The maximum Gasteiger partial charge on any atom is 0.397 e. The first-order chi connectivity index (χ1) is 5.12. The van der Waals surface area contributed by atoms with Crippen LogP contribution in [0.1, 0.15) is 13.3 Å². The van der Waals surface area contributed by atoms with Gasteiger partial charge in [-0.25, -0.2) is 0 Å². The van der Waals surface area contributed by atoms with Crippen molar-refractivity contribution >= 4 is 0 Å². The highest BCUT2D eigenvalue weighted by molar-refractivity contribution is 4.63. The van der Waals surface area contributed by atoms with Crippen LogP contribution in [0.15, 0.2) is 0 Å². The van der Waals surface area contributed by atoms with Crippen molar-refractivity contribution in [1.29, 1.82) is 0 Å². The number of rotatable bonds is 3. The largest absolute Gasteiger partial charge is 0.397 e. The first-order valence-electron chi connectivity index (χ1n) is 3.08. The van der Waals surface area contributed by atoms with Crippen LogP contribution in [-0.2, 0) is 4.74 Å². The SMILES string of the molecule is [CH2]C(C)OC(F)(F)CC(F)(F)F. The normalized spacial score (nSPS) is 14.0. The maximum absolute atomic E-state index is 12.2. The van der Waals surface area contributed by atoms with Gasteiger partial charge in [0.05, 0.1) is 6.10 Å². The fourth-order valence-electron chi connectivity index (χ4n) is 0.569. The molecule has 1 nitrogen and oxygen atoms in total. The summed E-state index contributed by atoms with van der Waals surface area (Å²) in [6.07, 6.45) is -12.6. The highest BCUT2D eigenvalue weighted by Crippen LogP contribution is 2.32. The first kappa shape index (κ1) is 11.6. The van der Waals surface area contributed by atoms with Gasteiger partial charge in [0.15, 0.2) is 0 Å². The average molecular weight is 191 g/mol. The summed E-state index contributed by atoms with van der Waals surface area (Å²) in [5.41, 5.74) is 0. The number of halogens is 5. The van der Waals surface area contributed by atoms with Gasteiger partial charge in [0.2, 0.25) is 0 Å². The number of alkyl halides is 5. The summed E-state index contributed by atoms with van der Waals surface area (Å²) < 4.78 is 62.3. The van der Waals surface area contributed by atoms with Crippen molar-refractivity contribution < 1.29 is 26.7 Å². The molecule has 12 heavy (non-hydrogen) atoms. The second-order valence-corrected chi connectivity index (χ2v) is 2.36. The molecule has 0 aromatic carbocycles. The topological polar surface area (TPSA) is 9.23 Å². The van der Waals surface area contributed by atoms with Crippen LogP contribution < -0.4 is 0 Å². The van der Waals surface area contributed by atoms with Crippen molar-refractivity contribution in [3.8, 4) is 0 Å². The summed E-state index contributed by atoms with van der Waals surface area (Å²) in [5, 5.41) is 0. The van der Waals surface area contributed by atoms with Gasteiger partial charge in [-0.15, -0.1) is 0 Å². The zero-order valence-corrected chi connectivity index (χ0v) is 6.29. The zero-order chi connectivity index (χ0) is 9.99. The Bertz CT molecular complexity index is 139.